The lowest BCUT2D eigenvalue weighted by Crippen LogP contribution is -2.44. The normalized spacial score (nSPS) is 11.5. The predicted octanol–water partition coefficient (Wildman–Crippen LogP) is 2.76. The largest absolute Gasteiger partial charge is 0.350 e. The topological polar surface area (TPSA) is 88.1 Å². The smallest absolute Gasteiger partial charge is 0.276 e. The molecule has 0 aliphatic carbocycles. The van der Waals surface area contributed by atoms with Gasteiger partial charge in [0.05, 0.1) is 5.69 Å². The molecule has 3 aromatic rings. The molecular formula is C20H18FN5O2S. The van der Waals surface area contributed by atoms with Crippen molar-refractivity contribution in [2.45, 2.75) is 12.6 Å². The maximum atomic E-state index is 13.1. The molecule has 7 nitrogen and oxygen atoms in total. The van der Waals surface area contributed by atoms with Crippen molar-refractivity contribution in [3.8, 4) is 0 Å². The summed E-state index contributed by atoms with van der Waals surface area (Å²) < 4.78 is 16.8. The SMILES string of the molecule is C=CCN(C(=O)c1csnn1)[C@H](C(=O)NCc1ccc(F)cc1)c1ccccn1. The summed E-state index contributed by atoms with van der Waals surface area (Å²) in [5.74, 6) is -1.23. The van der Waals surface area contributed by atoms with E-state index in [0.717, 1.165) is 17.1 Å². The molecule has 1 aromatic carbocycles. The number of carbonyl (C=O) groups excluding carboxylic acids is 2. The number of hydrogen-bond acceptors (Lipinski definition) is 6. The first-order chi connectivity index (χ1) is 14.1. The Morgan fingerprint density at radius 1 is 1.24 bits per heavy atom. The molecule has 0 radical (unpaired) electrons. The first-order valence-electron chi connectivity index (χ1n) is 8.72. The second-order valence-corrected chi connectivity index (χ2v) is 6.65. The fourth-order valence-electron chi connectivity index (χ4n) is 2.71. The van der Waals surface area contributed by atoms with Crippen molar-refractivity contribution in [1.82, 2.24) is 24.8 Å². The van der Waals surface area contributed by atoms with E-state index >= 15 is 0 Å². The van der Waals surface area contributed by atoms with Gasteiger partial charge in [0.25, 0.3) is 5.91 Å². The standard InChI is InChI=1S/C20H18FN5O2S/c1-2-11-26(20(28)17-13-29-25-24-17)18(16-5-3-4-10-22-16)19(27)23-12-14-6-8-15(21)9-7-14/h2-10,13,18H,1,11-12H2,(H,23,27)/t18-/m0/s1. The van der Waals surface area contributed by atoms with Crippen LogP contribution in [0.15, 0.2) is 66.7 Å². The van der Waals surface area contributed by atoms with Gasteiger partial charge < -0.3 is 10.2 Å². The third-order valence-electron chi connectivity index (χ3n) is 4.07. The fraction of sp³-hybridized carbons (Fsp3) is 0.150. The van der Waals surface area contributed by atoms with Crippen molar-refractivity contribution in [3.63, 3.8) is 0 Å². The molecule has 0 fully saturated rings. The van der Waals surface area contributed by atoms with Crippen molar-refractivity contribution in [3.05, 3.63) is 89.5 Å². The zero-order chi connectivity index (χ0) is 20.6. The van der Waals surface area contributed by atoms with Crippen LogP contribution in [0.1, 0.15) is 27.8 Å². The molecular weight excluding hydrogens is 393 g/mol. The Hall–Kier alpha value is -3.46. The molecule has 0 saturated carbocycles. The van der Waals surface area contributed by atoms with Gasteiger partial charge in [-0.1, -0.05) is 28.8 Å². The molecule has 0 saturated heterocycles. The van der Waals surface area contributed by atoms with Crippen molar-refractivity contribution in [2.24, 2.45) is 0 Å². The van der Waals surface area contributed by atoms with Crippen LogP contribution in [0.4, 0.5) is 4.39 Å². The van der Waals surface area contributed by atoms with E-state index in [9.17, 15) is 14.0 Å². The highest BCUT2D eigenvalue weighted by molar-refractivity contribution is 7.03. The van der Waals surface area contributed by atoms with Crippen LogP contribution in [0.3, 0.4) is 0 Å². The second kappa shape index (κ2) is 9.65. The molecule has 9 heteroatoms. The van der Waals surface area contributed by atoms with Gasteiger partial charge in [0.2, 0.25) is 5.91 Å². The Morgan fingerprint density at radius 2 is 2.03 bits per heavy atom. The average molecular weight is 411 g/mol. The number of benzene rings is 1. The minimum Gasteiger partial charge on any atom is -0.350 e. The molecule has 2 heterocycles. The predicted molar refractivity (Wildman–Crippen MR) is 106 cm³/mol. The van der Waals surface area contributed by atoms with Gasteiger partial charge in [0.15, 0.2) is 11.7 Å². The summed E-state index contributed by atoms with van der Waals surface area (Å²) in [5.41, 5.74) is 1.27. The Labute approximate surface area is 171 Å². The molecule has 0 aliphatic rings. The quantitative estimate of drug-likeness (QED) is 0.576. The minimum atomic E-state index is -0.996. The molecule has 2 aromatic heterocycles. The van der Waals surface area contributed by atoms with Gasteiger partial charge in [-0.05, 0) is 41.4 Å². The van der Waals surface area contributed by atoms with Crippen LogP contribution in [0.5, 0.6) is 0 Å². The van der Waals surface area contributed by atoms with Gasteiger partial charge in [0, 0.05) is 24.7 Å². The van der Waals surface area contributed by atoms with Crippen molar-refractivity contribution in [1.29, 1.82) is 0 Å². The molecule has 2 amide bonds. The molecule has 3 rings (SSSR count). The molecule has 0 spiro atoms. The van der Waals surface area contributed by atoms with E-state index in [0.29, 0.717) is 5.69 Å². The van der Waals surface area contributed by atoms with Crippen molar-refractivity contribution < 1.29 is 14.0 Å². The molecule has 29 heavy (non-hydrogen) atoms. The van der Waals surface area contributed by atoms with E-state index in [2.05, 4.69) is 26.5 Å². The Kier molecular flexibility index (Phi) is 6.75. The average Bonchev–Trinajstić information content (AvgIpc) is 3.28. The van der Waals surface area contributed by atoms with E-state index in [-0.39, 0.29) is 24.6 Å². The summed E-state index contributed by atoms with van der Waals surface area (Å²) >= 11 is 1.05. The number of amides is 2. The highest BCUT2D eigenvalue weighted by Gasteiger charge is 2.33. The number of halogens is 1. The van der Waals surface area contributed by atoms with Gasteiger partial charge in [-0.2, -0.15) is 0 Å². The third kappa shape index (κ3) is 5.08. The third-order valence-corrected chi connectivity index (χ3v) is 4.58. The Bertz CT molecular complexity index is 964. The summed E-state index contributed by atoms with van der Waals surface area (Å²) in [5, 5.41) is 8.12. The van der Waals surface area contributed by atoms with Gasteiger partial charge >= 0.3 is 0 Å². The Morgan fingerprint density at radius 3 is 2.66 bits per heavy atom. The van der Waals surface area contributed by atoms with Gasteiger partial charge in [-0.3, -0.25) is 14.6 Å². The van der Waals surface area contributed by atoms with Crippen LogP contribution in [-0.4, -0.2) is 37.8 Å². The van der Waals surface area contributed by atoms with Crippen molar-refractivity contribution >= 4 is 23.3 Å². The number of carbonyl (C=O) groups is 2. The van der Waals surface area contributed by atoms with E-state index in [4.69, 9.17) is 0 Å². The van der Waals surface area contributed by atoms with Crippen LogP contribution in [0.2, 0.25) is 0 Å². The Balaban J connectivity index is 1.88. The lowest BCUT2D eigenvalue weighted by Gasteiger charge is -2.29. The molecule has 0 bridgehead atoms. The van der Waals surface area contributed by atoms with Crippen LogP contribution < -0.4 is 5.32 Å². The van der Waals surface area contributed by atoms with Crippen LogP contribution in [-0.2, 0) is 11.3 Å². The van der Waals surface area contributed by atoms with Crippen LogP contribution >= 0.6 is 11.5 Å². The van der Waals surface area contributed by atoms with Crippen LogP contribution in [0.25, 0.3) is 0 Å². The summed E-state index contributed by atoms with van der Waals surface area (Å²) in [6.45, 7) is 3.98. The second-order valence-electron chi connectivity index (χ2n) is 6.04. The van der Waals surface area contributed by atoms with Gasteiger partial charge in [-0.15, -0.1) is 11.7 Å². The highest BCUT2D eigenvalue weighted by Crippen LogP contribution is 2.22. The molecule has 1 N–H and O–H groups in total. The lowest BCUT2D eigenvalue weighted by atomic mass is 10.1. The minimum absolute atomic E-state index is 0.113. The molecule has 0 aliphatic heterocycles. The maximum Gasteiger partial charge on any atom is 0.276 e. The monoisotopic (exact) mass is 411 g/mol. The molecule has 0 unspecified atom stereocenters. The number of nitrogens with one attached hydrogen (secondary N) is 1. The first kappa shape index (κ1) is 20.3. The number of hydrogen-bond donors (Lipinski definition) is 1. The van der Waals surface area contributed by atoms with E-state index in [1.807, 2.05) is 0 Å². The van der Waals surface area contributed by atoms with Crippen molar-refractivity contribution in [2.75, 3.05) is 6.54 Å². The number of pyridine rings is 1. The first-order valence-corrected chi connectivity index (χ1v) is 9.56. The molecule has 148 valence electrons. The summed E-state index contributed by atoms with van der Waals surface area (Å²) in [6, 6.07) is 9.94. The summed E-state index contributed by atoms with van der Waals surface area (Å²) in [6.07, 6.45) is 3.08. The molecule has 1 atom stereocenters. The number of aromatic nitrogens is 3. The zero-order valence-electron chi connectivity index (χ0n) is 15.4. The van der Waals surface area contributed by atoms with E-state index in [1.165, 1.54) is 28.5 Å². The van der Waals surface area contributed by atoms with Gasteiger partial charge in [0.1, 0.15) is 5.82 Å². The number of nitrogens with zero attached hydrogens (tertiary/aromatic N) is 4. The van der Waals surface area contributed by atoms with Crippen LogP contribution in [0, 0.1) is 5.82 Å². The fourth-order valence-corrected chi connectivity index (χ4v) is 3.14. The maximum absolute atomic E-state index is 13.1. The highest BCUT2D eigenvalue weighted by atomic mass is 32.1. The van der Waals surface area contributed by atoms with E-state index < -0.39 is 17.9 Å². The summed E-state index contributed by atoms with van der Waals surface area (Å²) in [4.78, 5) is 31.6. The van der Waals surface area contributed by atoms with Gasteiger partial charge in [-0.25, -0.2) is 4.39 Å². The number of rotatable bonds is 8. The lowest BCUT2D eigenvalue weighted by molar-refractivity contribution is -0.126. The zero-order valence-corrected chi connectivity index (χ0v) is 16.2. The van der Waals surface area contributed by atoms with E-state index in [1.54, 1.807) is 36.5 Å². The summed E-state index contributed by atoms with van der Waals surface area (Å²) in [7, 11) is 0.